The van der Waals surface area contributed by atoms with E-state index in [0.717, 1.165) is 21.6 Å². The maximum Gasteiger partial charge on any atom is 0.343 e. The van der Waals surface area contributed by atoms with Gasteiger partial charge >= 0.3 is 11.7 Å². The first-order chi connectivity index (χ1) is 14.1. The Morgan fingerprint density at radius 2 is 1.93 bits per heavy atom. The van der Waals surface area contributed by atoms with Crippen molar-refractivity contribution in [2.75, 3.05) is 11.5 Å². The molecular formula is C21H19N3O4S. The van der Waals surface area contributed by atoms with E-state index in [9.17, 15) is 14.4 Å². The van der Waals surface area contributed by atoms with Crippen LogP contribution >= 0.6 is 11.8 Å². The Morgan fingerprint density at radius 1 is 1.14 bits per heavy atom. The number of fused-ring (bicyclic) bond motifs is 4. The lowest BCUT2D eigenvalue weighted by molar-refractivity contribution is -0.146. The first kappa shape index (κ1) is 18.1. The summed E-state index contributed by atoms with van der Waals surface area (Å²) in [5.41, 5.74) is 2.22. The number of nitrogens with zero attached hydrogens (tertiary/aromatic N) is 2. The molecule has 1 atom stereocenters. The minimum Gasteiger partial charge on any atom is -0.463 e. The van der Waals surface area contributed by atoms with Crippen molar-refractivity contribution in [1.82, 2.24) is 9.55 Å². The summed E-state index contributed by atoms with van der Waals surface area (Å²) in [5, 5.41) is 0. The topological polar surface area (TPSA) is 84.4 Å². The van der Waals surface area contributed by atoms with Crippen LogP contribution in [0, 0.1) is 0 Å². The summed E-state index contributed by atoms with van der Waals surface area (Å²) in [4.78, 5) is 41.9. The zero-order chi connectivity index (χ0) is 20.0. The van der Waals surface area contributed by atoms with E-state index in [2.05, 4.69) is 4.98 Å². The summed E-state index contributed by atoms with van der Waals surface area (Å²) >= 11 is 1.40. The smallest absolute Gasteiger partial charge is 0.343 e. The van der Waals surface area contributed by atoms with Gasteiger partial charge in [0.25, 0.3) is 0 Å². The number of aryl methyl sites for hydroxylation is 1. The molecule has 0 radical (unpaired) electrons. The molecule has 1 amide bonds. The molecule has 0 spiro atoms. The van der Waals surface area contributed by atoms with Crippen LogP contribution < -0.4 is 10.6 Å². The molecule has 148 valence electrons. The second-order valence-corrected chi connectivity index (χ2v) is 8.49. The first-order valence-electron chi connectivity index (χ1n) is 9.56. The van der Waals surface area contributed by atoms with Crippen molar-refractivity contribution in [3.63, 3.8) is 0 Å². The van der Waals surface area contributed by atoms with Crippen LogP contribution in [0.5, 0.6) is 0 Å². The largest absolute Gasteiger partial charge is 0.463 e. The number of para-hydroxylation sites is 3. The van der Waals surface area contributed by atoms with E-state index in [0.29, 0.717) is 25.8 Å². The molecule has 1 aromatic heterocycles. The third-order valence-corrected chi connectivity index (χ3v) is 6.89. The minimum atomic E-state index is -1.00. The van der Waals surface area contributed by atoms with Crippen molar-refractivity contribution in [2.24, 2.45) is 0 Å². The number of H-pyrrole nitrogens is 1. The average molecular weight is 409 g/mol. The Balaban J connectivity index is 1.27. The number of ether oxygens (including phenoxy) is 1. The molecule has 29 heavy (non-hydrogen) atoms. The number of carbonyl (C=O) groups excluding carboxylic acids is 2. The number of thioether (sulfide) groups is 1. The van der Waals surface area contributed by atoms with Gasteiger partial charge in [0.2, 0.25) is 5.91 Å². The molecule has 1 fully saturated rings. The lowest BCUT2D eigenvalue weighted by Gasteiger charge is -2.28. The van der Waals surface area contributed by atoms with Gasteiger partial charge < -0.3 is 9.72 Å². The number of anilines is 1. The monoisotopic (exact) mass is 409 g/mol. The third-order valence-electron chi connectivity index (χ3n) is 5.43. The first-order valence-corrected chi connectivity index (χ1v) is 10.4. The number of imidazole rings is 1. The molecular weight excluding hydrogens is 390 g/mol. The number of aromatic amines is 1. The van der Waals surface area contributed by atoms with E-state index in [1.165, 1.54) is 11.8 Å². The van der Waals surface area contributed by atoms with E-state index in [1.807, 2.05) is 48.5 Å². The minimum absolute atomic E-state index is 0.0512. The highest BCUT2D eigenvalue weighted by molar-refractivity contribution is 8.02. The van der Waals surface area contributed by atoms with Gasteiger partial charge in [0.1, 0.15) is 0 Å². The Kier molecular flexibility index (Phi) is 4.24. The van der Waals surface area contributed by atoms with Crippen LogP contribution in [0.4, 0.5) is 5.69 Å². The predicted molar refractivity (Wildman–Crippen MR) is 110 cm³/mol. The van der Waals surface area contributed by atoms with Gasteiger partial charge in [-0.25, -0.2) is 9.59 Å². The predicted octanol–water partition coefficient (Wildman–Crippen LogP) is 2.89. The Morgan fingerprint density at radius 3 is 2.83 bits per heavy atom. The van der Waals surface area contributed by atoms with Crippen LogP contribution in [-0.2, 0) is 20.9 Å². The third kappa shape index (κ3) is 2.78. The van der Waals surface area contributed by atoms with Gasteiger partial charge in [-0.3, -0.25) is 14.3 Å². The molecule has 1 unspecified atom stereocenters. The quantitative estimate of drug-likeness (QED) is 0.517. The molecule has 2 aliphatic heterocycles. The number of carbonyl (C=O) groups is 2. The lowest BCUT2D eigenvalue weighted by atomic mass is 10.2. The number of nitrogens with one attached hydrogen (secondary N) is 1. The van der Waals surface area contributed by atoms with Crippen LogP contribution in [0.1, 0.15) is 19.3 Å². The summed E-state index contributed by atoms with van der Waals surface area (Å²) in [6, 6.07) is 15.0. The van der Waals surface area contributed by atoms with E-state index < -0.39 is 10.8 Å². The Bertz CT molecular complexity index is 1180. The fraction of sp³-hybridized carbons (Fsp3) is 0.286. The molecule has 3 aromatic rings. The highest BCUT2D eigenvalue weighted by atomic mass is 32.2. The molecule has 0 aliphatic carbocycles. The highest BCUT2D eigenvalue weighted by Gasteiger charge is 2.58. The normalized spacial score (nSPS) is 20.1. The number of hydrogen-bond donors (Lipinski definition) is 1. The highest BCUT2D eigenvalue weighted by Crippen LogP contribution is 2.56. The second kappa shape index (κ2) is 6.81. The van der Waals surface area contributed by atoms with Crippen molar-refractivity contribution in [3.05, 3.63) is 59.0 Å². The molecule has 7 nitrogen and oxygen atoms in total. The number of aromatic nitrogens is 2. The van der Waals surface area contributed by atoms with Gasteiger partial charge in [-0.05, 0) is 30.7 Å². The molecule has 2 aromatic carbocycles. The van der Waals surface area contributed by atoms with Gasteiger partial charge in [0.15, 0.2) is 4.87 Å². The second-order valence-electron chi connectivity index (χ2n) is 7.17. The van der Waals surface area contributed by atoms with Gasteiger partial charge in [-0.2, -0.15) is 0 Å². The van der Waals surface area contributed by atoms with Crippen LogP contribution in [0.2, 0.25) is 0 Å². The summed E-state index contributed by atoms with van der Waals surface area (Å²) < 4.78 is 7.23. The molecule has 0 saturated carbocycles. The molecule has 3 heterocycles. The fourth-order valence-corrected chi connectivity index (χ4v) is 5.51. The van der Waals surface area contributed by atoms with Gasteiger partial charge in [-0.1, -0.05) is 36.0 Å². The molecule has 0 bridgehead atoms. The fourth-order valence-electron chi connectivity index (χ4n) is 4.10. The maximum absolute atomic E-state index is 13.0. The van der Waals surface area contributed by atoms with E-state index in [4.69, 9.17) is 4.74 Å². The average Bonchev–Trinajstić information content (AvgIpc) is 3.35. The van der Waals surface area contributed by atoms with Crippen molar-refractivity contribution in [3.8, 4) is 0 Å². The Labute approximate surface area is 170 Å². The van der Waals surface area contributed by atoms with Crippen molar-refractivity contribution in [1.29, 1.82) is 0 Å². The summed E-state index contributed by atoms with van der Waals surface area (Å²) in [6.07, 6.45) is 1.28. The summed E-state index contributed by atoms with van der Waals surface area (Å²) in [6.45, 7) is 0.630. The van der Waals surface area contributed by atoms with Crippen LogP contribution in [0.3, 0.4) is 0 Å². The van der Waals surface area contributed by atoms with Gasteiger partial charge in [-0.15, -0.1) is 0 Å². The summed E-state index contributed by atoms with van der Waals surface area (Å²) in [7, 11) is 0. The molecule has 2 aliphatic rings. The van der Waals surface area contributed by atoms with Crippen molar-refractivity contribution in [2.45, 2.75) is 35.6 Å². The number of benzene rings is 2. The van der Waals surface area contributed by atoms with Crippen molar-refractivity contribution >= 4 is 40.4 Å². The molecule has 5 rings (SSSR count). The number of amides is 1. The summed E-state index contributed by atoms with van der Waals surface area (Å²) in [5.74, 6) is -0.444. The Hall–Kier alpha value is -3.00. The van der Waals surface area contributed by atoms with Crippen LogP contribution in [-0.4, -0.2) is 32.9 Å². The zero-order valence-corrected chi connectivity index (χ0v) is 16.4. The number of rotatable bonds is 5. The molecule has 1 saturated heterocycles. The van der Waals surface area contributed by atoms with E-state index in [-0.39, 0.29) is 18.2 Å². The van der Waals surface area contributed by atoms with Gasteiger partial charge in [0.05, 0.1) is 23.3 Å². The maximum atomic E-state index is 13.0. The molecule has 1 N–H and O–H groups in total. The van der Waals surface area contributed by atoms with E-state index in [1.54, 1.807) is 9.47 Å². The lowest BCUT2D eigenvalue weighted by Crippen LogP contribution is -2.47. The number of hydrogen-bond acceptors (Lipinski definition) is 5. The van der Waals surface area contributed by atoms with Crippen molar-refractivity contribution < 1.29 is 14.3 Å². The number of esters is 1. The van der Waals surface area contributed by atoms with Gasteiger partial charge in [0, 0.05) is 24.3 Å². The van der Waals surface area contributed by atoms with Crippen LogP contribution in [0.15, 0.2) is 58.2 Å². The van der Waals surface area contributed by atoms with E-state index >= 15 is 0 Å². The van der Waals surface area contributed by atoms with Crippen LogP contribution in [0.25, 0.3) is 11.0 Å². The molecule has 8 heteroatoms. The zero-order valence-electron chi connectivity index (χ0n) is 15.6. The standard InChI is InChI=1S/C21H19N3O4S/c25-18-10-11-21(24(18)16-8-3-4-9-17(16)29-21)19(26)28-13-5-12-23-15-7-2-1-6-14(15)22-20(23)27/h1-4,6-9H,5,10-13H2,(H,22,27). The SMILES string of the molecule is O=C1CCC2(C(=O)OCCCn3c(=O)[nH]c4ccccc43)Sc3ccccc3N12.